The van der Waals surface area contributed by atoms with Crippen LogP contribution in [0.5, 0.6) is 0 Å². The number of hydrogen-bond acceptors (Lipinski definition) is 5. The zero-order valence-corrected chi connectivity index (χ0v) is 9.97. The van der Waals surface area contributed by atoms with Gasteiger partial charge in [0.2, 0.25) is 5.71 Å². The molecule has 0 unspecified atom stereocenters. The lowest BCUT2D eigenvalue weighted by atomic mass is 10.3. The number of anilines is 1. The molecule has 88 valence electrons. The maximum absolute atomic E-state index is 8.56. The summed E-state index contributed by atoms with van der Waals surface area (Å²) in [5.74, 6) is 0.917. The fourth-order valence-electron chi connectivity index (χ4n) is 1.59. The van der Waals surface area contributed by atoms with Crippen LogP contribution >= 0.6 is 0 Å². The first-order chi connectivity index (χ1) is 8.65. The summed E-state index contributed by atoms with van der Waals surface area (Å²) in [5, 5.41) is 20.8. The molecule has 1 N–H and O–H groups in total. The van der Waals surface area contributed by atoms with Gasteiger partial charge >= 0.3 is 0 Å². The van der Waals surface area contributed by atoms with Crippen LogP contribution in [-0.2, 0) is 7.05 Å². The molecular weight excluding hydrogens is 228 g/mol. The maximum Gasteiger partial charge on any atom is 0.237 e. The molecule has 0 aliphatic carbocycles. The van der Waals surface area contributed by atoms with Gasteiger partial charge in [0, 0.05) is 7.05 Å². The minimum Gasteiger partial charge on any atom is -0.331 e. The molecule has 2 aromatic rings. The Hall–Kier alpha value is -2.86. The van der Waals surface area contributed by atoms with Crippen molar-refractivity contribution in [2.24, 2.45) is 12.1 Å². The van der Waals surface area contributed by atoms with E-state index in [0.29, 0.717) is 5.69 Å². The summed E-state index contributed by atoms with van der Waals surface area (Å²) in [7, 11) is 1.94. The van der Waals surface area contributed by atoms with Crippen LogP contribution in [0.2, 0.25) is 0 Å². The fraction of sp³-hybridized carbons (Fsp3) is 0.167. The molecule has 18 heavy (non-hydrogen) atoms. The van der Waals surface area contributed by atoms with Gasteiger partial charge in [0.1, 0.15) is 18.0 Å². The predicted octanol–water partition coefficient (Wildman–Crippen LogP) is 1.70. The van der Waals surface area contributed by atoms with Crippen molar-refractivity contribution in [1.82, 2.24) is 9.55 Å². The number of aryl methyl sites for hydroxylation is 2. The molecule has 0 aliphatic rings. The van der Waals surface area contributed by atoms with Gasteiger partial charge in [0.25, 0.3) is 0 Å². The summed E-state index contributed by atoms with van der Waals surface area (Å²) >= 11 is 0. The third-order valence-corrected chi connectivity index (χ3v) is 2.61. The van der Waals surface area contributed by atoms with Crippen molar-refractivity contribution in [3.05, 3.63) is 24.0 Å². The second kappa shape index (κ2) is 4.56. The lowest BCUT2D eigenvalue weighted by Crippen LogP contribution is -1.96. The molecule has 0 spiro atoms. The molecule has 0 amide bonds. The summed E-state index contributed by atoms with van der Waals surface area (Å²) < 4.78 is 1.98. The summed E-state index contributed by atoms with van der Waals surface area (Å²) in [6.45, 7) is 1.93. The molecule has 6 nitrogen and oxygen atoms in total. The van der Waals surface area contributed by atoms with E-state index >= 15 is 0 Å². The minimum atomic E-state index is -0.215. The molecule has 0 aliphatic heterocycles. The zero-order valence-electron chi connectivity index (χ0n) is 9.97. The van der Waals surface area contributed by atoms with Crippen molar-refractivity contribution < 1.29 is 0 Å². The van der Waals surface area contributed by atoms with E-state index < -0.39 is 0 Å². The quantitative estimate of drug-likeness (QED) is 0.636. The summed E-state index contributed by atoms with van der Waals surface area (Å²) in [5.41, 5.74) is 4.98. The largest absolute Gasteiger partial charge is 0.331 e. The Morgan fingerprint density at radius 3 is 2.78 bits per heavy atom. The maximum atomic E-state index is 8.56. The highest BCUT2D eigenvalue weighted by Crippen LogP contribution is 2.19. The lowest BCUT2D eigenvalue weighted by Gasteiger charge is -2.00. The molecule has 1 heterocycles. The Labute approximate surface area is 104 Å². The minimum absolute atomic E-state index is 0.215. The highest BCUT2D eigenvalue weighted by atomic mass is 15.3. The third kappa shape index (κ3) is 2.00. The SMILES string of the molecule is Cc1nc2cc(NN=C(C#N)C#N)ccc2n1C. The number of nitrogens with zero attached hydrogens (tertiary/aromatic N) is 5. The number of rotatable bonds is 2. The number of benzene rings is 1. The van der Waals surface area contributed by atoms with Crippen LogP contribution < -0.4 is 5.43 Å². The van der Waals surface area contributed by atoms with Crippen LogP contribution in [0.4, 0.5) is 5.69 Å². The number of hydrogen-bond donors (Lipinski definition) is 1. The van der Waals surface area contributed by atoms with Gasteiger partial charge in [-0.05, 0) is 25.1 Å². The summed E-state index contributed by atoms with van der Waals surface area (Å²) in [6, 6.07) is 8.90. The monoisotopic (exact) mass is 238 g/mol. The Bertz CT molecular complexity index is 694. The number of nitriles is 2. The number of imidazole rings is 1. The van der Waals surface area contributed by atoms with Gasteiger partial charge in [0.05, 0.1) is 16.7 Å². The van der Waals surface area contributed by atoms with Crippen molar-refractivity contribution in [1.29, 1.82) is 10.5 Å². The molecule has 2 rings (SSSR count). The Balaban J connectivity index is 2.35. The van der Waals surface area contributed by atoms with E-state index in [1.165, 1.54) is 0 Å². The van der Waals surface area contributed by atoms with E-state index in [1.54, 1.807) is 12.1 Å². The number of hydrazone groups is 1. The average molecular weight is 238 g/mol. The standard InChI is InChI=1S/C12H10N6/c1-8-15-11-5-9(3-4-12(11)18(8)2)16-17-10(6-13)7-14/h3-5,16H,1-2H3. The van der Waals surface area contributed by atoms with E-state index in [2.05, 4.69) is 15.5 Å². The topological polar surface area (TPSA) is 89.8 Å². The second-order valence-corrected chi connectivity index (χ2v) is 3.72. The van der Waals surface area contributed by atoms with Crippen molar-refractivity contribution in [2.45, 2.75) is 6.92 Å². The zero-order chi connectivity index (χ0) is 13.1. The van der Waals surface area contributed by atoms with E-state index in [0.717, 1.165) is 16.9 Å². The van der Waals surface area contributed by atoms with Gasteiger partial charge in [-0.15, -0.1) is 0 Å². The molecule has 1 aromatic heterocycles. The normalized spacial score (nSPS) is 9.56. The molecule has 0 fully saturated rings. The lowest BCUT2D eigenvalue weighted by molar-refractivity contribution is 0.886. The van der Waals surface area contributed by atoms with Crippen LogP contribution in [0.1, 0.15) is 5.82 Å². The molecule has 0 radical (unpaired) electrons. The number of aromatic nitrogens is 2. The predicted molar refractivity (Wildman–Crippen MR) is 67.7 cm³/mol. The first kappa shape index (κ1) is 11.6. The van der Waals surface area contributed by atoms with Crippen molar-refractivity contribution in [3.63, 3.8) is 0 Å². The van der Waals surface area contributed by atoms with Gasteiger partial charge in [-0.1, -0.05) is 0 Å². The second-order valence-electron chi connectivity index (χ2n) is 3.72. The van der Waals surface area contributed by atoms with Gasteiger partial charge in [-0.3, -0.25) is 5.43 Å². The Morgan fingerprint density at radius 2 is 2.11 bits per heavy atom. The van der Waals surface area contributed by atoms with E-state index in [9.17, 15) is 0 Å². The van der Waals surface area contributed by atoms with Gasteiger partial charge in [0.15, 0.2) is 0 Å². The van der Waals surface area contributed by atoms with Crippen LogP contribution in [0.3, 0.4) is 0 Å². The summed E-state index contributed by atoms with van der Waals surface area (Å²) in [6.07, 6.45) is 0. The van der Waals surface area contributed by atoms with Gasteiger partial charge in [-0.25, -0.2) is 4.98 Å². The number of fused-ring (bicyclic) bond motifs is 1. The first-order valence-corrected chi connectivity index (χ1v) is 5.22. The van der Waals surface area contributed by atoms with Crippen molar-refractivity contribution in [3.8, 4) is 12.1 Å². The van der Waals surface area contributed by atoms with Crippen molar-refractivity contribution in [2.75, 3.05) is 5.43 Å². The highest BCUT2D eigenvalue weighted by Gasteiger charge is 2.04. The highest BCUT2D eigenvalue weighted by molar-refractivity contribution is 6.10. The molecule has 0 saturated carbocycles. The van der Waals surface area contributed by atoms with E-state index in [1.807, 2.05) is 36.7 Å². The molecule has 0 atom stereocenters. The first-order valence-electron chi connectivity index (χ1n) is 5.22. The van der Waals surface area contributed by atoms with Crippen LogP contribution in [0, 0.1) is 29.6 Å². The fourth-order valence-corrected chi connectivity index (χ4v) is 1.59. The smallest absolute Gasteiger partial charge is 0.237 e. The van der Waals surface area contributed by atoms with E-state index in [-0.39, 0.29) is 5.71 Å². The molecule has 6 heteroatoms. The number of nitrogens with one attached hydrogen (secondary N) is 1. The molecule has 1 aromatic carbocycles. The molecule has 0 saturated heterocycles. The molecular formula is C12H10N6. The average Bonchev–Trinajstić information content (AvgIpc) is 2.66. The van der Waals surface area contributed by atoms with Crippen molar-refractivity contribution >= 4 is 22.4 Å². The Kier molecular flexibility index (Phi) is 2.94. The van der Waals surface area contributed by atoms with Gasteiger partial charge < -0.3 is 4.57 Å². The van der Waals surface area contributed by atoms with E-state index in [4.69, 9.17) is 10.5 Å². The van der Waals surface area contributed by atoms with Crippen LogP contribution in [0.15, 0.2) is 23.3 Å². The van der Waals surface area contributed by atoms with Gasteiger partial charge in [-0.2, -0.15) is 15.6 Å². The summed E-state index contributed by atoms with van der Waals surface area (Å²) in [4.78, 5) is 4.39. The third-order valence-electron chi connectivity index (χ3n) is 2.61. The molecule has 0 bridgehead atoms. The van der Waals surface area contributed by atoms with Crippen LogP contribution in [0.25, 0.3) is 11.0 Å². The Morgan fingerprint density at radius 1 is 1.39 bits per heavy atom. The van der Waals surface area contributed by atoms with Crippen LogP contribution in [-0.4, -0.2) is 15.3 Å².